The summed E-state index contributed by atoms with van der Waals surface area (Å²) in [4.78, 5) is 19.6. The molecule has 3 aromatic rings. The molecule has 168 valence electrons. The Labute approximate surface area is 186 Å². The van der Waals surface area contributed by atoms with E-state index in [2.05, 4.69) is 15.2 Å². The van der Waals surface area contributed by atoms with Gasteiger partial charge in [-0.15, -0.1) is 5.10 Å². The van der Waals surface area contributed by atoms with E-state index >= 15 is 0 Å². The van der Waals surface area contributed by atoms with E-state index < -0.39 is 0 Å². The van der Waals surface area contributed by atoms with Crippen LogP contribution >= 0.6 is 0 Å². The van der Waals surface area contributed by atoms with Gasteiger partial charge >= 0.3 is 0 Å². The van der Waals surface area contributed by atoms with Gasteiger partial charge in [-0.2, -0.15) is 0 Å². The molecule has 1 saturated carbocycles. The molecule has 3 heterocycles. The minimum absolute atomic E-state index is 0.0362. The third-order valence-corrected chi connectivity index (χ3v) is 6.82. The largest absolute Gasteiger partial charge is 0.396 e. The van der Waals surface area contributed by atoms with Crippen molar-refractivity contribution in [3.8, 4) is 0 Å². The Morgan fingerprint density at radius 3 is 2.88 bits per heavy atom. The first kappa shape index (κ1) is 20.9. The van der Waals surface area contributed by atoms with Crippen LogP contribution in [0.1, 0.15) is 60.6 Å². The number of aromatic nitrogens is 3. The van der Waals surface area contributed by atoms with Gasteiger partial charge in [0.15, 0.2) is 11.3 Å². The minimum Gasteiger partial charge on any atom is -0.396 e. The summed E-state index contributed by atoms with van der Waals surface area (Å²) in [6.45, 7) is 0.896. The average Bonchev–Trinajstić information content (AvgIpc) is 3.46. The summed E-state index contributed by atoms with van der Waals surface area (Å²) in [7, 11) is 0. The fourth-order valence-corrected chi connectivity index (χ4v) is 5.13. The number of nitrogens with zero attached hydrogens (tertiary/aromatic N) is 4. The van der Waals surface area contributed by atoms with Gasteiger partial charge in [0.1, 0.15) is 11.6 Å². The van der Waals surface area contributed by atoms with Crippen molar-refractivity contribution in [3.05, 3.63) is 59.7 Å². The number of nitrogens with one attached hydrogen (secondary N) is 1. The Balaban J connectivity index is 1.42. The highest BCUT2D eigenvalue weighted by Crippen LogP contribution is 2.35. The second-order valence-corrected chi connectivity index (χ2v) is 8.82. The van der Waals surface area contributed by atoms with E-state index in [1.165, 1.54) is 6.07 Å². The summed E-state index contributed by atoms with van der Waals surface area (Å²) in [6.07, 6.45) is 7.39. The van der Waals surface area contributed by atoms with Crippen molar-refractivity contribution < 1.29 is 14.3 Å². The van der Waals surface area contributed by atoms with E-state index in [0.717, 1.165) is 56.5 Å². The first-order valence-electron chi connectivity index (χ1n) is 11.4. The molecule has 1 aliphatic carbocycles. The Kier molecular flexibility index (Phi) is 5.78. The predicted octanol–water partition coefficient (Wildman–Crippen LogP) is 3.49. The number of anilines is 1. The van der Waals surface area contributed by atoms with Crippen LogP contribution in [0, 0.1) is 11.7 Å². The molecule has 32 heavy (non-hydrogen) atoms. The number of amides is 1. The van der Waals surface area contributed by atoms with Gasteiger partial charge in [-0.3, -0.25) is 4.79 Å². The van der Waals surface area contributed by atoms with Crippen molar-refractivity contribution in [2.75, 3.05) is 18.1 Å². The molecule has 0 radical (unpaired) electrons. The Morgan fingerprint density at radius 2 is 2.03 bits per heavy atom. The molecule has 8 heteroatoms. The van der Waals surface area contributed by atoms with E-state index in [9.17, 15) is 14.3 Å². The zero-order valence-electron chi connectivity index (χ0n) is 18.0. The molecular formula is C24H28FN5O2. The smallest absolute Gasteiger partial charge is 0.271 e. The highest BCUT2D eigenvalue weighted by atomic mass is 19.1. The molecule has 0 spiro atoms. The van der Waals surface area contributed by atoms with Crippen LogP contribution in [-0.4, -0.2) is 44.8 Å². The van der Waals surface area contributed by atoms with Crippen LogP contribution in [0.5, 0.6) is 0 Å². The van der Waals surface area contributed by atoms with Crippen molar-refractivity contribution in [2.24, 2.45) is 5.92 Å². The van der Waals surface area contributed by atoms with Crippen LogP contribution < -0.4 is 10.2 Å². The fraction of sp³-hybridized carbons (Fsp3) is 0.458. The van der Waals surface area contributed by atoms with Crippen molar-refractivity contribution in [2.45, 2.75) is 50.6 Å². The normalized spacial score (nSPS) is 23.6. The lowest BCUT2D eigenvalue weighted by Gasteiger charge is -2.30. The second kappa shape index (κ2) is 8.86. The lowest BCUT2D eigenvalue weighted by molar-refractivity contribution is 0.0865. The molecule has 0 unspecified atom stereocenters. The van der Waals surface area contributed by atoms with E-state index in [1.807, 2.05) is 18.2 Å². The van der Waals surface area contributed by atoms with E-state index in [0.29, 0.717) is 11.3 Å². The third-order valence-electron chi connectivity index (χ3n) is 6.82. The van der Waals surface area contributed by atoms with Crippen LogP contribution in [0.3, 0.4) is 0 Å². The second-order valence-electron chi connectivity index (χ2n) is 8.82. The van der Waals surface area contributed by atoms with Gasteiger partial charge in [0.25, 0.3) is 5.91 Å². The highest BCUT2D eigenvalue weighted by Gasteiger charge is 2.29. The van der Waals surface area contributed by atoms with E-state index in [4.69, 9.17) is 5.10 Å². The lowest BCUT2D eigenvalue weighted by atomic mass is 9.85. The van der Waals surface area contributed by atoms with Crippen molar-refractivity contribution in [1.82, 2.24) is 19.9 Å². The average molecular weight is 438 g/mol. The van der Waals surface area contributed by atoms with Crippen molar-refractivity contribution in [1.29, 1.82) is 0 Å². The summed E-state index contributed by atoms with van der Waals surface area (Å²) < 4.78 is 15.4. The van der Waals surface area contributed by atoms with Gasteiger partial charge in [-0.05, 0) is 55.5 Å². The number of imidazole rings is 1. The summed E-state index contributed by atoms with van der Waals surface area (Å²) >= 11 is 0. The monoisotopic (exact) mass is 437 g/mol. The molecule has 2 aliphatic rings. The minimum atomic E-state index is -0.241. The highest BCUT2D eigenvalue weighted by molar-refractivity contribution is 5.93. The number of benzene rings is 1. The van der Waals surface area contributed by atoms with Crippen LogP contribution in [-0.2, 0) is 0 Å². The topological polar surface area (TPSA) is 82.8 Å². The predicted molar refractivity (Wildman–Crippen MR) is 119 cm³/mol. The fourth-order valence-electron chi connectivity index (χ4n) is 5.13. The van der Waals surface area contributed by atoms with Gasteiger partial charge in [0.2, 0.25) is 0 Å². The number of hydrogen-bond donors (Lipinski definition) is 2. The molecule has 3 atom stereocenters. The number of fused-ring (bicyclic) bond motifs is 1. The first-order chi connectivity index (χ1) is 15.6. The summed E-state index contributed by atoms with van der Waals surface area (Å²) in [6, 6.07) is 10.5. The van der Waals surface area contributed by atoms with Crippen molar-refractivity contribution >= 4 is 17.4 Å². The number of carbonyl (C=O) groups is 1. The number of rotatable bonds is 5. The zero-order chi connectivity index (χ0) is 22.1. The molecule has 2 fully saturated rings. The molecule has 1 saturated heterocycles. The summed E-state index contributed by atoms with van der Waals surface area (Å²) in [5.74, 6) is 0.361. The molecule has 1 aliphatic heterocycles. The Morgan fingerprint density at radius 1 is 1.16 bits per heavy atom. The maximum Gasteiger partial charge on any atom is 0.271 e. The van der Waals surface area contributed by atoms with Gasteiger partial charge in [0, 0.05) is 25.1 Å². The molecular weight excluding hydrogens is 409 g/mol. The van der Waals surface area contributed by atoms with Gasteiger partial charge in [-0.1, -0.05) is 25.0 Å². The SMILES string of the molecule is O=C(N[C@H]1CCCC[C@@H]1CO)c1cnc2ccc(N3CCC[C@@H]3c3cccc(F)c3)nn12. The molecule has 0 bridgehead atoms. The number of halogens is 1. The number of carbonyl (C=O) groups excluding carboxylic acids is 1. The van der Waals surface area contributed by atoms with Crippen LogP contribution in [0.2, 0.25) is 0 Å². The van der Waals surface area contributed by atoms with Crippen LogP contribution in [0.15, 0.2) is 42.6 Å². The number of aliphatic hydroxyl groups excluding tert-OH is 1. The summed E-state index contributed by atoms with van der Waals surface area (Å²) in [5.41, 5.74) is 1.91. The maximum absolute atomic E-state index is 13.8. The molecule has 1 amide bonds. The molecule has 2 N–H and O–H groups in total. The van der Waals surface area contributed by atoms with E-state index in [1.54, 1.807) is 22.8 Å². The van der Waals surface area contributed by atoms with Crippen LogP contribution in [0.4, 0.5) is 10.2 Å². The first-order valence-corrected chi connectivity index (χ1v) is 11.4. The molecule has 5 rings (SSSR count). The quantitative estimate of drug-likeness (QED) is 0.639. The van der Waals surface area contributed by atoms with Gasteiger partial charge in [-0.25, -0.2) is 13.9 Å². The van der Waals surface area contributed by atoms with Gasteiger partial charge < -0.3 is 15.3 Å². The summed E-state index contributed by atoms with van der Waals surface area (Å²) in [5, 5.41) is 17.5. The standard InChI is InChI=1S/C24H28FN5O2/c25-18-7-3-6-16(13-18)20-9-4-12-29(20)23-11-10-22-26-14-21(30(22)28-23)24(32)27-19-8-2-1-5-17(19)15-31/h3,6-7,10-11,13-14,17,19-20,31H,1-2,4-5,8-9,12,15H2,(H,27,32)/t17-,19+,20-/m1/s1. The number of aliphatic hydroxyl groups is 1. The molecule has 1 aromatic carbocycles. The zero-order valence-corrected chi connectivity index (χ0v) is 18.0. The van der Waals surface area contributed by atoms with Crippen molar-refractivity contribution in [3.63, 3.8) is 0 Å². The molecule has 2 aromatic heterocycles. The maximum atomic E-state index is 13.8. The number of hydrogen-bond acceptors (Lipinski definition) is 5. The van der Waals surface area contributed by atoms with Gasteiger partial charge in [0.05, 0.1) is 12.2 Å². The lowest BCUT2D eigenvalue weighted by Crippen LogP contribution is -2.43. The Bertz CT molecular complexity index is 1120. The Hall–Kier alpha value is -3.00. The van der Waals surface area contributed by atoms with Crippen LogP contribution in [0.25, 0.3) is 5.65 Å². The third kappa shape index (κ3) is 3.95. The van der Waals surface area contributed by atoms with E-state index in [-0.39, 0.29) is 36.3 Å². The molecule has 7 nitrogen and oxygen atoms in total.